The van der Waals surface area contributed by atoms with E-state index < -0.39 is 0 Å². The molecule has 4 heteroatoms. The van der Waals surface area contributed by atoms with Crippen LogP contribution in [0.15, 0.2) is 54.6 Å². The molecular weight excluding hydrogens is 224 g/mol. The van der Waals surface area contributed by atoms with Crippen molar-refractivity contribution in [1.82, 2.24) is 9.97 Å². The molecule has 0 aliphatic carbocycles. The number of aromatic amines is 1. The molecule has 0 spiro atoms. The minimum absolute atomic E-state index is 0.626. The number of hydrogen-bond donors (Lipinski definition) is 2. The number of aromatic nitrogens is 2. The van der Waals surface area contributed by atoms with Gasteiger partial charge in [-0.3, -0.25) is 5.01 Å². The van der Waals surface area contributed by atoms with Crippen molar-refractivity contribution in [2.24, 2.45) is 5.84 Å². The minimum atomic E-state index is 0.626. The Morgan fingerprint density at radius 2 is 1.72 bits per heavy atom. The summed E-state index contributed by atoms with van der Waals surface area (Å²) in [5.41, 5.74) is 3.08. The van der Waals surface area contributed by atoms with E-state index >= 15 is 0 Å². The number of nitrogens with zero attached hydrogens (tertiary/aromatic N) is 2. The van der Waals surface area contributed by atoms with Crippen molar-refractivity contribution in [2.75, 3.05) is 5.01 Å². The zero-order valence-electron chi connectivity index (χ0n) is 9.88. The van der Waals surface area contributed by atoms with Crippen LogP contribution in [-0.4, -0.2) is 9.97 Å². The van der Waals surface area contributed by atoms with E-state index in [4.69, 9.17) is 5.84 Å². The van der Waals surface area contributed by atoms with E-state index in [1.54, 1.807) is 5.01 Å². The molecule has 0 fully saturated rings. The number of hydrogen-bond acceptors (Lipinski definition) is 3. The van der Waals surface area contributed by atoms with Gasteiger partial charge in [-0.05, 0) is 17.7 Å². The van der Waals surface area contributed by atoms with Crippen molar-refractivity contribution in [3.05, 3.63) is 60.2 Å². The smallest absolute Gasteiger partial charge is 0.218 e. The Morgan fingerprint density at radius 1 is 1.00 bits per heavy atom. The summed E-state index contributed by atoms with van der Waals surface area (Å²) in [6.07, 6.45) is 0. The Morgan fingerprint density at radius 3 is 2.50 bits per heavy atom. The first kappa shape index (κ1) is 10.8. The highest BCUT2D eigenvalue weighted by molar-refractivity contribution is 5.77. The highest BCUT2D eigenvalue weighted by atomic mass is 15.5. The molecule has 0 saturated carbocycles. The van der Waals surface area contributed by atoms with E-state index in [2.05, 4.69) is 9.97 Å². The van der Waals surface area contributed by atoms with E-state index in [0.717, 1.165) is 16.6 Å². The second kappa shape index (κ2) is 4.50. The molecule has 0 radical (unpaired) electrons. The highest BCUT2D eigenvalue weighted by Gasteiger charge is 2.07. The van der Waals surface area contributed by atoms with E-state index in [9.17, 15) is 0 Å². The molecule has 0 saturated heterocycles. The standard InChI is InChI=1S/C14H14N4/c15-18(10-11-6-2-1-3-7-11)14-16-12-8-4-5-9-13(12)17-14/h1-9H,10,15H2,(H,16,17). The van der Waals surface area contributed by atoms with Gasteiger partial charge in [0.25, 0.3) is 0 Å². The zero-order valence-corrected chi connectivity index (χ0v) is 9.88. The van der Waals surface area contributed by atoms with Crippen LogP contribution in [0.4, 0.5) is 5.95 Å². The van der Waals surface area contributed by atoms with Crippen LogP contribution >= 0.6 is 0 Å². The SMILES string of the molecule is NN(Cc1ccccc1)c1nc2ccccc2[nH]1. The number of rotatable bonds is 3. The lowest BCUT2D eigenvalue weighted by Crippen LogP contribution is -2.31. The van der Waals surface area contributed by atoms with Crippen LogP contribution in [0, 0.1) is 0 Å². The monoisotopic (exact) mass is 238 g/mol. The van der Waals surface area contributed by atoms with Crippen LogP contribution in [0.3, 0.4) is 0 Å². The summed E-state index contributed by atoms with van der Waals surface area (Å²) in [5.74, 6) is 6.71. The predicted octanol–water partition coefficient (Wildman–Crippen LogP) is 2.44. The Hall–Kier alpha value is -2.33. The Balaban J connectivity index is 1.86. The van der Waals surface area contributed by atoms with Gasteiger partial charge in [-0.25, -0.2) is 10.8 Å². The van der Waals surface area contributed by atoms with Crippen molar-refractivity contribution in [3.8, 4) is 0 Å². The third-order valence-electron chi connectivity index (χ3n) is 2.84. The molecule has 0 amide bonds. The van der Waals surface area contributed by atoms with E-state index in [-0.39, 0.29) is 0 Å². The van der Waals surface area contributed by atoms with Gasteiger partial charge >= 0.3 is 0 Å². The molecule has 18 heavy (non-hydrogen) atoms. The van der Waals surface area contributed by atoms with Gasteiger partial charge in [0, 0.05) is 0 Å². The maximum atomic E-state index is 6.03. The summed E-state index contributed by atoms with van der Waals surface area (Å²) in [5, 5.41) is 1.62. The summed E-state index contributed by atoms with van der Waals surface area (Å²) in [6.45, 7) is 0.626. The van der Waals surface area contributed by atoms with Crippen LogP contribution in [0.5, 0.6) is 0 Å². The van der Waals surface area contributed by atoms with Gasteiger partial charge in [0.2, 0.25) is 5.95 Å². The van der Waals surface area contributed by atoms with Crippen molar-refractivity contribution >= 4 is 17.0 Å². The average molecular weight is 238 g/mol. The van der Waals surface area contributed by atoms with Crippen molar-refractivity contribution < 1.29 is 0 Å². The minimum Gasteiger partial charge on any atom is -0.323 e. The van der Waals surface area contributed by atoms with Crippen LogP contribution in [-0.2, 0) is 6.54 Å². The summed E-state index contributed by atoms with van der Waals surface area (Å²) in [6, 6.07) is 18.0. The topological polar surface area (TPSA) is 57.9 Å². The number of para-hydroxylation sites is 2. The third kappa shape index (κ3) is 2.06. The zero-order chi connectivity index (χ0) is 12.4. The summed E-state index contributed by atoms with van der Waals surface area (Å²) >= 11 is 0. The van der Waals surface area contributed by atoms with Gasteiger partial charge in [-0.2, -0.15) is 0 Å². The number of hydrazine groups is 1. The Bertz CT molecular complexity index is 612. The predicted molar refractivity (Wildman–Crippen MR) is 72.9 cm³/mol. The molecule has 0 bridgehead atoms. The molecule has 0 aliphatic rings. The molecule has 1 aromatic heterocycles. The molecule has 3 N–H and O–H groups in total. The Kier molecular flexibility index (Phi) is 2.70. The first-order valence-electron chi connectivity index (χ1n) is 5.84. The van der Waals surface area contributed by atoms with E-state index in [1.807, 2.05) is 54.6 Å². The maximum Gasteiger partial charge on any atom is 0.218 e. The number of fused-ring (bicyclic) bond motifs is 1. The summed E-state index contributed by atoms with van der Waals surface area (Å²) < 4.78 is 0. The molecule has 0 atom stereocenters. The largest absolute Gasteiger partial charge is 0.323 e. The van der Waals surface area contributed by atoms with Crippen molar-refractivity contribution in [2.45, 2.75) is 6.54 Å². The van der Waals surface area contributed by atoms with Gasteiger partial charge in [-0.15, -0.1) is 0 Å². The molecular formula is C14H14N4. The summed E-state index contributed by atoms with van der Waals surface area (Å²) in [7, 11) is 0. The third-order valence-corrected chi connectivity index (χ3v) is 2.84. The van der Waals surface area contributed by atoms with Crippen LogP contribution < -0.4 is 10.9 Å². The first-order chi connectivity index (χ1) is 8.83. The number of imidazole rings is 1. The fraction of sp³-hybridized carbons (Fsp3) is 0.0714. The van der Waals surface area contributed by atoms with Crippen LogP contribution in [0.2, 0.25) is 0 Å². The second-order valence-corrected chi connectivity index (χ2v) is 4.19. The van der Waals surface area contributed by atoms with Crippen LogP contribution in [0.25, 0.3) is 11.0 Å². The van der Waals surface area contributed by atoms with Gasteiger partial charge in [0.1, 0.15) is 0 Å². The number of nitrogens with one attached hydrogen (secondary N) is 1. The number of H-pyrrole nitrogens is 1. The molecule has 90 valence electrons. The summed E-state index contributed by atoms with van der Waals surface area (Å²) in [4.78, 5) is 7.66. The first-order valence-corrected chi connectivity index (χ1v) is 5.84. The van der Waals surface area contributed by atoms with Gasteiger partial charge in [0.05, 0.1) is 17.6 Å². The second-order valence-electron chi connectivity index (χ2n) is 4.19. The highest BCUT2D eigenvalue weighted by Crippen LogP contribution is 2.16. The fourth-order valence-corrected chi connectivity index (χ4v) is 1.93. The molecule has 0 aliphatic heterocycles. The Labute approximate surface area is 105 Å². The van der Waals surface area contributed by atoms with Gasteiger partial charge < -0.3 is 4.98 Å². The maximum absolute atomic E-state index is 6.03. The molecule has 3 rings (SSSR count). The lowest BCUT2D eigenvalue weighted by molar-refractivity contribution is 0.821. The lowest BCUT2D eigenvalue weighted by atomic mass is 10.2. The normalized spacial score (nSPS) is 10.7. The van der Waals surface area contributed by atoms with Crippen LogP contribution in [0.1, 0.15) is 5.56 Å². The molecule has 0 unspecified atom stereocenters. The van der Waals surface area contributed by atoms with E-state index in [1.165, 1.54) is 0 Å². The fourth-order valence-electron chi connectivity index (χ4n) is 1.93. The average Bonchev–Trinajstić information content (AvgIpc) is 2.84. The van der Waals surface area contributed by atoms with Crippen molar-refractivity contribution in [1.29, 1.82) is 0 Å². The molecule has 1 heterocycles. The molecule has 2 aromatic carbocycles. The molecule has 4 nitrogen and oxygen atoms in total. The quantitative estimate of drug-likeness (QED) is 0.544. The van der Waals surface area contributed by atoms with Crippen molar-refractivity contribution in [3.63, 3.8) is 0 Å². The van der Waals surface area contributed by atoms with E-state index in [0.29, 0.717) is 12.5 Å². The number of nitrogens with two attached hydrogens (primary N) is 1. The van der Waals surface area contributed by atoms with Gasteiger partial charge in [0.15, 0.2) is 0 Å². The van der Waals surface area contributed by atoms with Gasteiger partial charge in [-0.1, -0.05) is 42.5 Å². The number of benzene rings is 2. The molecule has 3 aromatic rings. The number of anilines is 1. The lowest BCUT2D eigenvalue weighted by Gasteiger charge is -2.14.